The third-order valence-corrected chi connectivity index (χ3v) is 3.70. The molecule has 1 aromatic rings. The molecule has 2 atom stereocenters. The van der Waals surface area contributed by atoms with Crippen molar-refractivity contribution in [3.05, 3.63) is 35.9 Å². The van der Waals surface area contributed by atoms with Crippen LogP contribution in [0.25, 0.3) is 0 Å². The molecule has 0 spiro atoms. The van der Waals surface area contributed by atoms with Crippen LogP contribution in [-0.2, 0) is 25.5 Å². The number of esters is 1. The van der Waals surface area contributed by atoms with E-state index in [9.17, 15) is 4.79 Å². The lowest BCUT2D eigenvalue weighted by molar-refractivity contribution is -0.159. The molecular formula is C19H29NO4. The number of nitrogens with one attached hydrogen (secondary N) is 1. The number of hydrogen-bond acceptors (Lipinski definition) is 5. The maximum atomic E-state index is 12.2. The molecule has 134 valence electrons. The average Bonchev–Trinajstić information content (AvgIpc) is 2.83. The van der Waals surface area contributed by atoms with Gasteiger partial charge in [-0.3, -0.25) is 4.79 Å². The lowest BCUT2D eigenvalue weighted by Crippen LogP contribution is -2.44. The van der Waals surface area contributed by atoms with E-state index in [1.807, 2.05) is 65.0 Å². The molecule has 1 saturated heterocycles. The molecule has 0 aromatic heterocycles. The van der Waals surface area contributed by atoms with Crippen LogP contribution in [0, 0.1) is 0 Å². The molecule has 1 aromatic carbocycles. The first-order valence-corrected chi connectivity index (χ1v) is 8.45. The Hall–Kier alpha value is -1.43. The zero-order chi connectivity index (χ0) is 17.8. The molecule has 1 aliphatic rings. The molecule has 2 unspecified atom stereocenters. The van der Waals surface area contributed by atoms with Gasteiger partial charge in [-0.15, -0.1) is 0 Å². The van der Waals surface area contributed by atoms with Crippen molar-refractivity contribution in [1.82, 2.24) is 5.32 Å². The van der Waals surface area contributed by atoms with Crippen molar-refractivity contribution in [2.45, 2.75) is 71.1 Å². The lowest BCUT2D eigenvalue weighted by atomic mass is 10.1. The molecule has 0 saturated carbocycles. The summed E-state index contributed by atoms with van der Waals surface area (Å²) in [6.07, 6.45) is 0.0602. The zero-order valence-electron chi connectivity index (χ0n) is 15.3. The molecule has 0 aliphatic carbocycles. The summed E-state index contributed by atoms with van der Waals surface area (Å²) in [4.78, 5) is 12.2. The largest absolute Gasteiger partial charge is 0.460 e. The molecule has 0 amide bonds. The van der Waals surface area contributed by atoms with Crippen LogP contribution in [0.4, 0.5) is 0 Å². The first-order valence-electron chi connectivity index (χ1n) is 8.45. The zero-order valence-corrected chi connectivity index (χ0v) is 15.3. The number of carbonyl (C=O) groups is 1. The third-order valence-electron chi connectivity index (χ3n) is 3.70. The summed E-state index contributed by atoms with van der Waals surface area (Å²) < 4.78 is 17.0. The van der Waals surface area contributed by atoms with Gasteiger partial charge in [-0.05, 0) is 40.2 Å². The first-order chi connectivity index (χ1) is 11.1. The molecule has 1 N–H and O–H groups in total. The maximum Gasteiger partial charge on any atom is 0.307 e. The van der Waals surface area contributed by atoms with Gasteiger partial charge in [0.25, 0.3) is 0 Å². The van der Waals surface area contributed by atoms with Crippen molar-refractivity contribution in [3.63, 3.8) is 0 Å². The summed E-state index contributed by atoms with van der Waals surface area (Å²) in [5, 5.41) is 3.43. The van der Waals surface area contributed by atoms with Gasteiger partial charge in [0.2, 0.25) is 0 Å². The highest BCUT2D eigenvalue weighted by Crippen LogP contribution is 2.26. The number of ether oxygens (including phenoxy) is 3. The standard InChI is InChI=1S/C19H29NO4/c1-18(2,3)24-17(21)11-15(16-13-22-19(4,5)23-16)20-12-14-9-7-6-8-10-14/h6-10,15-16,20H,11-13H2,1-5H3. The Kier molecular flexibility index (Phi) is 6.01. The normalized spacial score (nSPS) is 21.5. The highest BCUT2D eigenvalue weighted by molar-refractivity contribution is 5.70. The fourth-order valence-electron chi connectivity index (χ4n) is 2.66. The second kappa shape index (κ2) is 7.64. The van der Waals surface area contributed by atoms with Crippen LogP contribution in [-0.4, -0.2) is 36.1 Å². The van der Waals surface area contributed by atoms with E-state index in [-0.39, 0.29) is 24.5 Å². The second-order valence-electron chi connectivity index (χ2n) is 7.63. The van der Waals surface area contributed by atoms with Crippen molar-refractivity contribution < 1.29 is 19.0 Å². The van der Waals surface area contributed by atoms with Gasteiger partial charge in [-0.1, -0.05) is 30.3 Å². The van der Waals surface area contributed by atoms with Gasteiger partial charge in [-0.2, -0.15) is 0 Å². The molecule has 1 fully saturated rings. The van der Waals surface area contributed by atoms with Gasteiger partial charge in [0.1, 0.15) is 11.7 Å². The summed E-state index contributed by atoms with van der Waals surface area (Å²) in [6.45, 7) is 10.5. The monoisotopic (exact) mass is 335 g/mol. The van der Waals surface area contributed by atoms with Crippen LogP contribution in [0.1, 0.15) is 46.6 Å². The van der Waals surface area contributed by atoms with Crippen molar-refractivity contribution in [3.8, 4) is 0 Å². The summed E-state index contributed by atoms with van der Waals surface area (Å²) >= 11 is 0. The molecule has 1 heterocycles. The van der Waals surface area contributed by atoms with E-state index in [1.165, 1.54) is 0 Å². The van der Waals surface area contributed by atoms with Crippen molar-refractivity contribution in [2.24, 2.45) is 0 Å². The minimum absolute atomic E-state index is 0.165. The van der Waals surface area contributed by atoms with Crippen molar-refractivity contribution in [2.75, 3.05) is 6.61 Å². The van der Waals surface area contributed by atoms with E-state index in [0.717, 1.165) is 5.56 Å². The molecule has 5 nitrogen and oxygen atoms in total. The van der Waals surface area contributed by atoms with Gasteiger partial charge in [-0.25, -0.2) is 0 Å². The molecule has 2 rings (SSSR count). The van der Waals surface area contributed by atoms with Gasteiger partial charge in [0.05, 0.1) is 13.0 Å². The van der Waals surface area contributed by atoms with Gasteiger partial charge in [0, 0.05) is 12.6 Å². The number of benzene rings is 1. The molecule has 0 radical (unpaired) electrons. The van der Waals surface area contributed by atoms with E-state index in [1.54, 1.807) is 0 Å². The fraction of sp³-hybridized carbons (Fsp3) is 0.632. The topological polar surface area (TPSA) is 56.8 Å². The Morgan fingerprint density at radius 2 is 2.00 bits per heavy atom. The predicted octanol–water partition coefficient (Wildman–Crippen LogP) is 3.03. The summed E-state index contributed by atoms with van der Waals surface area (Å²) in [6, 6.07) is 9.91. The van der Waals surface area contributed by atoms with Gasteiger partial charge >= 0.3 is 5.97 Å². The Morgan fingerprint density at radius 1 is 1.33 bits per heavy atom. The van der Waals surface area contributed by atoms with Crippen LogP contribution < -0.4 is 5.32 Å². The highest BCUT2D eigenvalue weighted by atomic mass is 16.7. The highest BCUT2D eigenvalue weighted by Gasteiger charge is 2.38. The summed E-state index contributed by atoms with van der Waals surface area (Å²) in [5.41, 5.74) is 0.665. The number of carbonyl (C=O) groups excluding carboxylic acids is 1. The van der Waals surface area contributed by atoms with E-state index in [0.29, 0.717) is 13.2 Å². The number of hydrogen-bond donors (Lipinski definition) is 1. The minimum atomic E-state index is -0.620. The Labute approximate surface area is 144 Å². The first kappa shape index (κ1) is 18.9. The van der Waals surface area contributed by atoms with Gasteiger partial charge < -0.3 is 19.5 Å². The molecule has 1 aliphatic heterocycles. The Morgan fingerprint density at radius 3 is 2.54 bits per heavy atom. The van der Waals surface area contributed by atoms with Crippen LogP contribution in [0.3, 0.4) is 0 Å². The molecule has 5 heteroatoms. The maximum absolute atomic E-state index is 12.2. The average molecular weight is 335 g/mol. The predicted molar refractivity (Wildman–Crippen MR) is 92.4 cm³/mol. The minimum Gasteiger partial charge on any atom is -0.460 e. The second-order valence-corrected chi connectivity index (χ2v) is 7.63. The molecule has 24 heavy (non-hydrogen) atoms. The van der Waals surface area contributed by atoms with Gasteiger partial charge in [0.15, 0.2) is 5.79 Å². The Bertz CT molecular complexity index is 536. The van der Waals surface area contributed by atoms with Crippen molar-refractivity contribution >= 4 is 5.97 Å². The fourth-order valence-corrected chi connectivity index (χ4v) is 2.66. The third kappa shape index (κ3) is 6.23. The Balaban J connectivity index is 2.00. The van der Waals surface area contributed by atoms with E-state index in [4.69, 9.17) is 14.2 Å². The van der Waals surface area contributed by atoms with Crippen molar-refractivity contribution in [1.29, 1.82) is 0 Å². The number of rotatable bonds is 6. The lowest BCUT2D eigenvalue weighted by Gasteiger charge is -2.27. The quantitative estimate of drug-likeness (QED) is 0.810. The van der Waals surface area contributed by atoms with E-state index < -0.39 is 11.4 Å². The van der Waals surface area contributed by atoms with Crippen LogP contribution in [0.2, 0.25) is 0 Å². The van der Waals surface area contributed by atoms with Crippen LogP contribution in [0.5, 0.6) is 0 Å². The van der Waals surface area contributed by atoms with Crippen LogP contribution in [0.15, 0.2) is 30.3 Å². The van der Waals surface area contributed by atoms with E-state index >= 15 is 0 Å². The SMILES string of the molecule is CC(C)(C)OC(=O)CC(NCc1ccccc1)C1COC(C)(C)O1. The molecular weight excluding hydrogens is 306 g/mol. The van der Waals surface area contributed by atoms with E-state index in [2.05, 4.69) is 5.32 Å². The summed E-state index contributed by atoms with van der Waals surface area (Å²) in [7, 11) is 0. The van der Waals surface area contributed by atoms with Crippen LogP contribution >= 0.6 is 0 Å². The smallest absolute Gasteiger partial charge is 0.307 e. The molecule has 0 bridgehead atoms. The summed E-state index contributed by atoms with van der Waals surface area (Å²) in [5.74, 6) is -0.855.